The van der Waals surface area contributed by atoms with Crippen LogP contribution in [0.15, 0.2) is 48.5 Å². The fourth-order valence-corrected chi connectivity index (χ4v) is 3.23. The molecule has 0 fully saturated rings. The first-order valence-electron chi connectivity index (χ1n) is 13.8. The number of amides is 1. The topological polar surface area (TPSA) is 197 Å². The van der Waals surface area contributed by atoms with Crippen LogP contribution in [0.5, 0.6) is 5.75 Å². The summed E-state index contributed by atoms with van der Waals surface area (Å²) in [5.74, 6) is -4.99. The van der Waals surface area contributed by atoms with Crippen molar-refractivity contribution in [2.75, 3.05) is 6.61 Å². The average Bonchev–Trinajstić information content (AvgIpc) is 2.90. The Morgan fingerprint density at radius 1 is 0.955 bits per heavy atom. The maximum atomic E-state index is 13.2. The number of aliphatic carboxylic acids is 2. The molecule has 0 bridgehead atoms. The predicted octanol–water partition coefficient (Wildman–Crippen LogP) is 4.71. The number of hydrogen-bond acceptors (Lipinski definition) is 8. The zero-order valence-corrected chi connectivity index (χ0v) is 25.5. The van der Waals surface area contributed by atoms with E-state index in [2.05, 4.69) is 12.2 Å². The second-order valence-corrected chi connectivity index (χ2v) is 10.5. The molecule has 13 heteroatoms. The number of Topliss-reactive ketones (excluding diaryl/α,β-unsaturated/α-hetero) is 1. The highest BCUT2D eigenvalue weighted by Gasteiger charge is 2.26. The molecule has 0 aliphatic heterocycles. The number of aromatic carboxylic acids is 1. The number of ether oxygens (including phenoxy) is 2. The molecular formula is C31H42FNO11. The van der Waals surface area contributed by atoms with Gasteiger partial charge in [0.1, 0.15) is 17.2 Å². The Bertz CT molecular complexity index is 1200. The molecular weight excluding hydrogens is 581 g/mol. The van der Waals surface area contributed by atoms with Crippen molar-refractivity contribution in [3.8, 4) is 5.75 Å². The Hall–Kier alpha value is -4.52. The van der Waals surface area contributed by atoms with Crippen molar-refractivity contribution < 1.29 is 58.3 Å². The van der Waals surface area contributed by atoms with Crippen molar-refractivity contribution in [2.45, 2.75) is 84.5 Å². The molecule has 0 unspecified atom stereocenters. The van der Waals surface area contributed by atoms with Crippen LogP contribution >= 0.6 is 0 Å². The second kappa shape index (κ2) is 20.4. The number of benzene rings is 2. The summed E-state index contributed by atoms with van der Waals surface area (Å²) < 4.78 is 23.7. The van der Waals surface area contributed by atoms with E-state index in [0.29, 0.717) is 18.8 Å². The van der Waals surface area contributed by atoms with Gasteiger partial charge < -0.3 is 35.2 Å². The lowest BCUT2D eigenvalue weighted by atomic mass is 9.99. The highest BCUT2D eigenvalue weighted by molar-refractivity contribution is 6.31. The van der Waals surface area contributed by atoms with Gasteiger partial charge >= 0.3 is 24.0 Å². The van der Waals surface area contributed by atoms with Crippen LogP contribution in [0.2, 0.25) is 0 Å². The minimum Gasteiger partial charge on any atom is -0.493 e. The van der Waals surface area contributed by atoms with Crippen LogP contribution in [-0.2, 0) is 25.5 Å². The molecule has 0 aliphatic carbocycles. The van der Waals surface area contributed by atoms with E-state index in [1.807, 2.05) is 30.3 Å². The van der Waals surface area contributed by atoms with Gasteiger partial charge in [-0.2, -0.15) is 0 Å². The first-order valence-corrected chi connectivity index (χ1v) is 13.8. The quantitative estimate of drug-likeness (QED) is 0.153. The highest BCUT2D eigenvalue weighted by atomic mass is 19.1. The van der Waals surface area contributed by atoms with Crippen LogP contribution in [-0.4, -0.2) is 74.6 Å². The smallest absolute Gasteiger partial charge is 0.407 e. The summed E-state index contributed by atoms with van der Waals surface area (Å²) in [6.45, 7) is 8.80. The van der Waals surface area contributed by atoms with Gasteiger partial charge in [0.05, 0.1) is 30.7 Å². The zero-order chi connectivity index (χ0) is 33.9. The Balaban J connectivity index is 0.000000732. The number of aliphatic hydroxyl groups is 1. The third kappa shape index (κ3) is 18.8. The largest absolute Gasteiger partial charge is 0.493 e. The lowest BCUT2D eigenvalue weighted by molar-refractivity contribution is -0.148. The van der Waals surface area contributed by atoms with E-state index in [-0.39, 0.29) is 5.56 Å². The number of halogens is 1. The molecule has 5 N–H and O–H groups in total. The number of carbonyl (C=O) groups excluding carboxylic acids is 2. The van der Waals surface area contributed by atoms with E-state index in [1.165, 1.54) is 12.1 Å². The molecule has 0 heterocycles. The zero-order valence-electron chi connectivity index (χ0n) is 25.5. The van der Waals surface area contributed by atoms with Crippen molar-refractivity contribution in [3.05, 3.63) is 65.5 Å². The normalized spacial score (nSPS) is 11.7. The molecule has 244 valence electrons. The summed E-state index contributed by atoms with van der Waals surface area (Å²) in [6.07, 6.45) is 1.05. The molecule has 0 radical (unpaired) electrons. The Labute approximate surface area is 255 Å². The van der Waals surface area contributed by atoms with Crippen molar-refractivity contribution in [2.24, 2.45) is 0 Å². The van der Waals surface area contributed by atoms with Crippen LogP contribution in [0, 0.1) is 5.82 Å². The molecule has 0 aromatic heterocycles. The maximum Gasteiger partial charge on any atom is 0.407 e. The van der Waals surface area contributed by atoms with E-state index >= 15 is 0 Å². The highest BCUT2D eigenvalue weighted by Crippen LogP contribution is 2.17. The van der Waals surface area contributed by atoms with Crippen molar-refractivity contribution in [3.63, 3.8) is 0 Å². The van der Waals surface area contributed by atoms with Gasteiger partial charge in [0.25, 0.3) is 0 Å². The number of nitrogens with one attached hydrogen (secondary N) is 1. The van der Waals surface area contributed by atoms with Gasteiger partial charge in [-0.25, -0.2) is 18.8 Å². The van der Waals surface area contributed by atoms with Crippen LogP contribution in [0.4, 0.5) is 9.18 Å². The van der Waals surface area contributed by atoms with E-state index in [0.717, 1.165) is 37.8 Å². The Morgan fingerprint density at radius 2 is 1.55 bits per heavy atom. The maximum absolute atomic E-state index is 13.2. The first-order chi connectivity index (χ1) is 20.5. The third-order valence-corrected chi connectivity index (χ3v) is 5.34. The van der Waals surface area contributed by atoms with Gasteiger partial charge in [0.15, 0.2) is 0 Å². The number of carboxylic acid groups (broad SMARTS) is 3. The summed E-state index contributed by atoms with van der Waals surface area (Å²) in [5, 5.41) is 37.7. The van der Waals surface area contributed by atoms with Gasteiger partial charge in [-0.3, -0.25) is 9.59 Å². The second-order valence-electron chi connectivity index (χ2n) is 10.5. The SMILES string of the molecule is CC(=O)C(=O)O.CC(C)(C)OC(=O)N[C@@H](Cc1ccccc1)[C@@H](O)CC(=O)O.CCCCCOc1ccc(C(=O)O)c(F)c1. The van der Waals surface area contributed by atoms with Crippen molar-refractivity contribution >= 4 is 29.8 Å². The molecule has 2 atom stereocenters. The number of unbranched alkanes of at least 4 members (excludes halogenated alkanes) is 2. The number of alkyl carbamates (subject to hydrolysis) is 1. The summed E-state index contributed by atoms with van der Waals surface area (Å²) in [5.41, 5.74) is -0.118. The molecule has 0 saturated heterocycles. The van der Waals surface area contributed by atoms with Gasteiger partial charge in [-0.1, -0.05) is 50.1 Å². The summed E-state index contributed by atoms with van der Waals surface area (Å²) >= 11 is 0. The molecule has 1 amide bonds. The molecule has 12 nitrogen and oxygen atoms in total. The molecule has 2 rings (SSSR count). The molecule has 0 aliphatic rings. The molecule has 0 saturated carbocycles. The minimum atomic E-state index is -1.38. The first kappa shape index (κ1) is 39.5. The average molecular weight is 624 g/mol. The summed E-state index contributed by atoms with van der Waals surface area (Å²) in [7, 11) is 0. The van der Waals surface area contributed by atoms with Crippen LogP contribution in [0.25, 0.3) is 0 Å². The number of rotatable bonds is 13. The van der Waals surface area contributed by atoms with E-state index < -0.39 is 59.8 Å². The molecule has 2 aromatic carbocycles. The van der Waals surface area contributed by atoms with Crippen LogP contribution in [0.3, 0.4) is 0 Å². The number of aliphatic hydroxyl groups excluding tert-OH is 1. The standard InChI is InChI=1S/C16H23NO5.C12H15FO3.C3H4O3/c1-16(2,3)22-15(21)17-12(13(18)10-14(19)20)9-11-7-5-4-6-8-11;1-2-3-4-7-16-9-5-6-10(12(14)15)11(13)8-9;1-2(4)3(5)6/h4-8,12-13,18H,9-10H2,1-3H3,(H,17,21)(H,19,20);5-6,8H,2-4,7H2,1H3,(H,14,15);1H3,(H,5,6)/t12-,13-;;/m0../s1. The van der Waals surface area contributed by atoms with E-state index in [1.54, 1.807) is 20.8 Å². The molecule has 0 spiro atoms. The number of carboxylic acids is 3. The van der Waals surface area contributed by atoms with Crippen molar-refractivity contribution in [1.29, 1.82) is 0 Å². The molecule has 2 aromatic rings. The van der Waals surface area contributed by atoms with Gasteiger partial charge in [-0.05, 0) is 51.3 Å². The Morgan fingerprint density at radius 3 is 2.00 bits per heavy atom. The Kier molecular flexibility index (Phi) is 18.3. The predicted molar refractivity (Wildman–Crippen MR) is 158 cm³/mol. The fourth-order valence-electron chi connectivity index (χ4n) is 3.23. The van der Waals surface area contributed by atoms with Gasteiger partial charge in [0, 0.05) is 13.0 Å². The molecule has 44 heavy (non-hydrogen) atoms. The minimum absolute atomic E-state index is 0.314. The van der Waals surface area contributed by atoms with Crippen LogP contribution < -0.4 is 10.1 Å². The summed E-state index contributed by atoms with van der Waals surface area (Å²) in [6, 6.07) is 12.3. The van der Waals surface area contributed by atoms with Gasteiger partial charge in [-0.15, -0.1) is 0 Å². The lowest BCUT2D eigenvalue weighted by Gasteiger charge is -2.26. The summed E-state index contributed by atoms with van der Waals surface area (Å²) in [4.78, 5) is 52.1. The number of ketones is 1. The monoisotopic (exact) mass is 623 g/mol. The number of hydrogen-bond donors (Lipinski definition) is 5. The fraction of sp³-hybridized carbons (Fsp3) is 0.452. The van der Waals surface area contributed by atoms with Crippen molar-refractivity contribution in [1.82, 2.24) is 5.32 Å². The van der Waals surface area contributed by atoms with E-state index in [9.17, 15) is 33.5 Å². The van der Waals surface area contributed by atoms with Crippen LogP contribution in [0.1, 0.15) is 76.2 Å². The van der Waals surface area contributed by atoms with Gasteiger partial charge in [0.2, 0.25) is 5.78 Å². The van der Waals surface area contributed by atoms with E-state index in [4.69, 9.17) is 24.8 Å². The lowest BCUT2D eigenvalue weighted by Crippen LogP contribution is -2.47. The number of carbonyl (C=O) groups is 5. The third-order valence-electron chi connectivity index (χ3n) is 5.34.